The average Bonchev–Trinajstić information content (AvgIpc) is 2.40. The Morgan fingerprint density at radius 3 is 2.71 bits per heavy atom. The number of thioether (sulfide) groups is 1. The van der Waals surface area contributed by atoms with Crippen molar-refractivity contribution in [2.75, 3.05) is 12.3 Å². The van der Waals surface area contributed by atoms with Crippen LogP contribution in [-0.2, 0) is 4.79 Å². The number of hydrogen-bond acceptors (Lipinski definition) is 5. The van der Waals surface area contributed by atoms with Gasteiger partial charge in [0.05, 0.1) is 0 Å². The Labute approximate surface area is 111 Å². The summed E-state index contributed by atoms with van der Waals surface area (Å²) in [6.07, 6.45) is 1.75. The van der Waals surface area contributed by atoms with Gasteiger partial charge in [-0.2, -0.15) is 11.8 Å². The van der Waals surface area contributed by atoms with Crippen molar-refractivity contribution in [1.82, 2.24) is 5.32 Å². The molecule has 0 aromatic rings. The van der Waals surface area contributed by atoms with E-state index in [1.807, 2.05) is 0 Å². The molecular formula is C9H17BClNO4S. The Morgan fingerprint density at radius 1 is 1.53 bits per heavy atom. The molecule has 0 spiro atoms. The lowest BCUT2D eigenvalue weighted by Crippen LogP contribution is -2.52. The third-order valence-electron chi connectivity index (χ3n) is 3.63. The molecule has 3 atom stereocenters. The zero-order valence-electron chi connectivity index (χ0n) is 9.33. The largest absolute Gasteiger partial charge is 0.480 e. The first-order chi connectivity index (χ1) is 7.56. The Bertz CT molecular complexity index is 296. The molecule has 8 heteroatoms. The van der Waals surface area contributed by atoms with Crippen LogP contribution in [0.25, 0.3) is 0 Å². The molecular weight excluding hydrogens is 264 g/mol. The van der Waals surface area contributed by atoms with Crippen molar-refractivity contribution in [3.63, 3.8) is 0 Å². The standard InChI is InChI=1S/C9H16BNO4S.ClH/c12-8(13)7-9(2-1-3-10(14)15)5-16-6(9)4-11-7;/h6-7,11,14-15H,1-5H2,(H,12,13);1H/t6-,7+,9-;/m0./s1. The van der Waals surface area contributed by atoms with Crippen LogP contribution >= 0.6 is 24.2 Å². The third kappa shape index (κ3) is 2.73. The van der Waals surface area contributed by atoms with Crippen molar-refractivity contribution in [3.05, 3.63) is 0 Å². The Morgan fingerprint density at radius 2 is 2.24 bits per heavy atom. The maximum absolute atomic E-state index is 11.1. The molecule has 0 aliphatic carbocycles. The summed E-state index contributed by atoms with van der Waals surface area (Å²) in [5.74, 6) is 0.0794. The van der Waals surface area contributed by atoms with E-state index in [9.17, 15) is 4.79 Å². The maximum atomic E-state index is 11.1. The van der Waals surface area contributed by atoms with Gasteiger partial charge in [-0.3, -0.25) is 4.79 Å². The molecule has 0 amide bonds. The van der Waals surface area contributed by atoms with Crippen LogP contribution in [0.1, 0.15) is 12.8 Å². The van der Waals surface area contributed by atoms with Crippen LogP contribution < -0.4 is 5.32 Å². The lowest BCUT2D eigenvalue weighted by Gasteiger charge is -2.46. The summed E-state index contributed by atoms with van der Waals surface area (Å²) >= 11 is 1.80. The topological polar surface area (TPSA) is 89.8 Å². The number of carboxylic acid groups (broad SMARTS) is 1. The van der Waals surface area contributed by atoms with Gasteiger partial charge in [0, 0.05) is 23.0 Å². The average molecular weight is 282 g/mol. The first kappa shape index (κ1) is 15.1. The third-order valence-corrected chi connectivity index (χ3v) is 5.37. The van der Waals surface area contributed by atoms with E-state index in [2.05, 4.69) is 5.32 Å². The maximum Gasteiger partial charge on any atom is 0.451 e. The molecule has 2 fully saturated rings. The molecule has 2 saturated heterocycles. The number of carbonyl (C=O) groups is 1. The summed E-state index contributed by atoms with van der Waals surface area (Å²) in [6, 6.07) is -0.463. The second-order valence-corrected chi connectivity index (χ2v) is 5.78. The molecule has 0 aromatic carbocycles. The number of halogens is 1. The molecule has 5 nitrogen and oxygen atoms in total. The van der Waals surface area contributed by atoms with Gasteiger partial charge in [-0.15, -0.1) is 12.4 Å². The molecule has 0 unspecified atom stereocenters. The van der Waals surface area contributed by atoms with Crippen LogP contribution in [0.15, 0.2) is 0 Å². The lowest BCUT2D eigenvalue weighted by molar-refractivity contribution is -0.141. The molecule has 0 bridgehead atoms. The van der Waals surface area contributed by atoms with Gasteiger partial charge < -0.3 is 20.5 Å². The summed E-state index contributed by atoms with van der Waals surface area (Å²) in [5.41, 5.74) is -0.161. The second-order valence-electron chi connectivity index (χ2n) is 4.59. The summed E-state index contributed by atoms with van der Waals surface area (Å²) < 4.78 is 0. The smallest absolute Gasteiger partial charge is 0.451 e. The molecule has 98 valence electrons. The van der Waals surface area contributed by atoms with Crippen LogP contribution in [-0.4, -0.2) is 51.8 Å². The summed E-state index contributed by atoms with van der Waals surface area (Å²) in [4.78, 5) is 11.1. The van der Waals surface area contributed by atoms with E-state index in [4.69, 9.17) is 15.2 Å². The minimum atomic E-state index is -1.28. The molecule has 2 aliphatic rings. The summed E-state index contributed by atoms with van der Waals surface area (Å²) in [5, 5.41) is 30.1. The summed E-state index contributed by atoms with van der Waals surface area (Å²) in [6.45, 7) is 0.753. The van der Waals surface area contributed by atoms with Gasteiger partial charge >= 0.3 is 13.1 Å². The van der Waals surface area contributed by atoms with E-state index in [0.717, 1.165) is 18.7 Å². The number of fused-ring (bicyclic) bond motifs is 1. The molecule has 2 heterocycles. The lowest BCUT2D eigenvalue weighted by atomic mass is 9.73. The molecule has 2 rings (SSSR count). The predicted octanol–water partition coefficient (Wildman–Crippen LogP) is -0.181. The van der Waals surface area contributed by atoms with Crippen molar-refractivity contribution in [2.45, 2.75) is 30.5 Å². The highest BCUT2D eigenvalue weighted by Gasteiger charge is 2.58. The minimum absolute atomic E-state index is 0. The fourth-order valence-corrected chi connectivity index (χ4v) is 4.31. The molecule has 2 aliphatic heterocycles. The molecule has 0 saturated carbocycles. The number of aliphatic carboxylic acids is 1. The summed E-state index contributed by atoms with van der Waals surface area (Å²) in [7, 11) is -1.28. The highest BCUT2D eigenvalue weighted by atomic mass is 35.5. The van der Waals surface area contributed by atoms with Crippen LogP contribution in [0.3, 0.4) is 0 Å². The Balaban J connectivity index is 0.00000144. The van der Waals surface area contributed by atoms with Crippen molar-refractivity contribution in [1.29, 1.82) is 0 Å². The number of hydrogen-bond donors (Lipinski definition) is 4. The minimum Gasteiger partial charge on any atom is -0.480 e. The van der Waals surface area contributed by atoms with Gasteiger partial charge in [-0.25, -0.2) is 0 Å². The van der Waals surface area contributed by atoms with Gasteiger partial charge in [0.25, 0.3) is 0 Å². The van der Waals surface area contributed by atoms with E-state index in [1.54, 1.807) is 11.8 Å². The fourth-order valence-electron chi connectivity index (χ4n) is 2.70. The van der Waals surface area contributed by atoms with Crippen LogP contribution in [0.2, 0.25) is 6.32 Å². The zero-order chi connectivity index (χ0) is 11.8. The van der Waals surface area contributed by atoms with Crippen LogP contribution in [0.4, 0.5) is 0 Å². The van der Waals surface area contributed by atoms with E-state index in [0.29, 0.717) is 18.0 Å². The van der Waals surface area contributed by atoms with E-state index in [1.165, 1.54) is 0 Å². The van der Waals surface area contributed by atoms with Gasteiger partial charge in [0.1, 0.15) is 6.04 Å². The van der Waals surface area contributed by atoms with Gasteiger partial charge in [-0.05, 0) is 12.7 Å². The monoisotopic (exact) mass is 281 g/mol. The van der Waals surface area contributed by atoms with Gasteiger partial charge in [-0.1, -0.05) is 6.42 Å². The second kappa shape index (κ2) is 5.80. The van der Waals surface area contributed by atoms with Gasteiger partial charge in [0.2, 0.25) is 0 Å². The van der Waals surface area contributed by atoms with Crippen molar-refractivity contribution < 1.29 is 19.9 Å². The zero-order valence-corrected chi connectivity index (χ0v) is 11.0. The molecule has 17 heavy (non-hydrogen) atoms. The Hall–Kier alpha value is 0.0549. The SMILES string of the molecule is Cl.O=C(O)[C@H]1NC[C@@H]2SC[C@@]21CCCB(O)O. The van der Waals surface area contributed by atoms with Gasteiger partial charge in [0.15, 0.2) is 0 Å². The Kier molecular flexibility index (Phi) is 5.15. The molecule has 4 N–H and O–H groups in total. The van der Waals surface area contributed by atoms with E-state index in [-0.39, 0.29) is 17.8 Å². The first-order valence-electron chi connectivity index (χ1n) is 5.50. The number of nitrogens with one attached hydrogen (secondary N) is 1. The molecule has 0 radical (unpaired) electrons. The number of carboxylic acids is 1. The quantitative estimate of drug-likeness (QED) is 0.523. The number of rotatable bonds is 5. The van der Waals surface area contributed by atoms with E-state index >= 15 is 0 Å². The molecule has 0 aromatic heterocycles. The fraction of sp³-hybridized carbons (Fsp3) is 0.889. The van der Waals surface area contributed by atoms with Crippen molar-refractivity contribution >= 4 is 37.3 Å². The van der Waals surface area contributed by atoms with Crippen LogP contribution in [0.5, 0.6) is 0 Å². The van der Waals surface area contributed by atoms with Crippen molar-refractivity contribution in [3.8, 4) is 0 Å². The van der Waals surface area contributed by atoms with Crippen molar-refractivity contribution in [2.24, 2.45) is 5.41 Å². The van der Waals surface area contributed by atoms with E-state index < -0.39 is 19.1 Å². The highest BCUT2D eigenvalue weighted by molar-refractivity contribution is 8.01. The van der Waals surface area contributed by atoms with Crippen LogP contribution in [0, 0.1) is 5.41 Å². The normalized spacial score (nSPS) is 34.5. The first-order valence-corrected chi connectivity index (χ1v) is 6.55. The predicted molar refractivity (Wildman–Crippen MR) is 69.6 cm³/mol. The highest BCUT2D eigenvalue weighted by Crippen LogP contribution is 2.54.